The van der Waals surface area contributed by atoms with Gasteiger partial charge in [-0.2, -0.15) is 0 Å². The molecule has 0 aliphatic carbocycles. The Bertz CT molecular complexity index is 449. The fraction of sp³-hybridized carbons (Fsp3) is 0.923. The van der Waals surface area contributed by atoms with Gasteiger partial charge in [0.05, 0.1) is 0 Å². The molecule has 6 heteroatoms. The lowest BCUT2D eigenvalue weighted by atomic mass is 9.91. The number of aliphatic hydroxyl groups is 2. The number of unbranched alkanes of at least 4 members (excludes halogenated alkanes) is 16. The van der Waals surface area contributed by atoms with Crippen molar-refractivity contribution in [2.24, 2.45) is 0 Å². The van der Waals surface area contributed by atoms with E-state index in [1.807, 2.05) is 0 Å². The molecule has 0 saturated carbocycles. The Morgan fingerprint density at radius 3 is 1.28 bits per heavy atom. The zero-order valence-corrected chi connectivity index (χ0v) is 20.7. The molecule has 0 bridgehead atoms. The van der Waals surface area contributed by atoms with Crippen molar-refractivity contribution in [3.63, 3.8) is 0 Å². The third-order valence-corrected chi connectivity index (χ3v) is 6.37. The number of amides is 1. The molecule has 0 aromatic carbocycles. The van der Waals surface area contributed by atoms with Crippen LogP contribution in [-0.4, -0.2) is 45.9 Å². The fourth-order valence-corrected chi connectivity index (χ4v) is 4.24. The first-order valence-electron chi connectivity index (χ1n) is 13.3. The van der Waals surface area contributed by atoms with Gasteiger partial charge in [0.15, 0.2) is 0 Å². The van der Waals surface area contributed by atoms with Crippen LogP contribution in [0, 0.1) is 0 Å². The van der Waals surface area contributed by atoms with Crippen molar-refractivity contribution in [1.29, 1.82) is 0 Å². The molecule has 0 atom stereocenters. The summed E-state index contributed by atoms with van der Waals surface area (Å²) in [6, 6.07) is 0. The van der Waals surface area contributed by atoms with Crippen LogP contribution in [0.5, 0.6) is 0 Å². The maximum Gasteiger partial charge on any atom is 0.329 e. The number of hydrogen-bond donors (Lipinski definition) is 4. The fourth-order valence-electron chi connectivity index (χ4n) is 4.24. The molecule has 0 aliphatic rings. The lowest BCUT2D eigenvalue weighted by Crippen LogP contribution is -2.55. The predicted molar refractivity (Wildman–Crippen MR) is 131 cm³/mol. The van der Waals surface area contributed by atoms with Crippen molar-refractivity contribution in [3.8, 4) is 0 Å². The summed E-state index contributed by atoms with van der Waals surface area (Å²) in [7, 11) is 0. The SMILES string of the molecule is CCCCCCCCCCCCCCCCCCCC(=O)NC(CCO)(CCO)C(=O)O. The Hall–Kier alpha value is -1.14. The van der Waals surface area contributed by atoms with Gasteiger partial charge in [-0.25, -0.2) is 4.79 Å². The number of carbonyl (C=O) groups is 2. The van der Waals surface area contributed by atoms with E-state index in [2.05, 4.69) is 12.2 Å². The van der Waals surface area contributed by atoms with Crippen molar-refractivity contribution in [3.05, 3.63) is 0 Å². The van der Waals surface area contributed by atoms with E-state index >= 15 is 0 Å². The summed E-state index contributed by atoms with van der Waals surface area (Å²) in [5.41, 5.74) is -1.57. The highest BCUT2D eigenvalue weighted by Crippen LogP contribution is 2.17. The van der Waals surface area contributed by atoms with Crippen LogP contribution in [0.3, 0.4) is 0 Å². The lowest BCUT2D eigenvalue weighted by Gasteiger charge is -2.29. The molecule has 6 nitrogen and oxygen atoms in total. The average molecular weight is 458 g/mol. The first kappa shape index (κ1) is 30.9. The molecule has 0 aromatic heterocycles. The Morgan fingerprint density at radius 2 is 0.969 bits per heavy atom. The number of aliphatic carboxylic acids is 1. The van der Waals surface area contributed by atoms with Crippen LogP contribution in [0.2, 0.25) is 0 Å². The summed E-state index contributed by atoms with van der Waals surface area (Å²) in [6.07, 6.45) is 21.8. The Kier molecular flexibility index (Phi) is 20.9. The smallest absolute Gasteiger partial charge is 0.329 e. The first-order valence-corrected chi connectivity index (χ1v) is 13.3. The van der Waals surface area contributed by atoms with Crippen molar-refractivity contribution in [2.75, 3.05) is 13.2 Å². The highest BCUT2D eigenvalue weighted by Gasteiger charge is 2.38. The van der Waals surface area contributed by atoms with Crippen molar-refractivity contribution in [1.82, 2.24) is 5.32 Å². The van der Waals surface area contributed by atoms with Crippen molar-refractivity contribution in [2.45, 2.75) is 141 Å². The van der Waals surface area contributed by atoms with Gasteiger partial charge in [0.1, 0.15) is 5.54 Å². The van der Waals surface area contributed by atoms with Crippen LogP contribution >= 0.6 is 0 Å². The Balaban J connectivity index is 3.58. The third-order valence-electron chi connectivity index (χ3n) is 6.37. The van der Waals surface area contributed by atoms with E-state index in [-0.39, 0.29) is 38.4 Å². The molecule has 190 valence electrons. The van der Waals surface area contributed by atoms with E-state index in [1.165, 1.54) is 89.9 Å². The summed E-state index contributed by atoms with van der Waals surface area (Å²) in [5.74, 6) is -1.54. The van der Waals surface area contributed by atoms with Crippen LogP contribution in [0.15, 0.2) is 0 Å². The van der Waals surface area contributed by atoms with Crippen molar-refractivity contribution >= 4 is 11.9 Å². The number of rotatable bonds is 24. The number of carboxylic acids is 1. The minimum atomic E-state index is -1.57. The highest BCUT2D eigenvalue weighted by molar-refractivity contribution is 5.87. The van der Waals surface area contributed by atoms with Gasteiger partial charge in [-0.15, -0.1) is 0 Å². The topological polar surface area (TPSA) is 107 Å². The minimum absolute atomic E-state index is 0.103. The molecule has 32 heavy (non-hydrogen) atoms. The Morgan fingerprint density at radius 1 is 0.625 bits per heavy atom. The van der Waals surface area contributed by atoms with Gasteiger partial charge in [0.2, 0.25) is 5.91 Å². The van der Waals surface area contributed by atoms with Gasteiger partial charge in [0, 0.05) is 32.5 Å². The second-order valence-electron chi connectivity index (χ2n) is 9.29. The summed E-state index contributed by atoms with van der Waals surface area (Å²) in [5, 5.41) is 30.2. The molecule has 0 rings (SSSR count). The average Bonchev–Trinajstić information content (AvgIpc) is 2.76. The molecular formula is C26H51NO5. The van der Waals surface area contributed by atoms with Crippen LogP contribution in [0.1, 0.15) is 135 Å². The van der Waals surface area contributed by atoms with E-state index in [0.29, 0.717) is 0 Å². The highest BCUT2D eigenvalue weighted by atomic mass is 16.4. The standard InChI is InChI=1S/C26H51NO5/c1-2-3-4-5-6-7-8-9-10-11-12-13-14-15-16-17-18-19-24(30)27-26(20-22-28,21-23-29)25(31)32/h28-29H,2-23H2,1H3,(H,27,30)(H,31,32). The van der Waals surface area contributed by atoms with Crippen LogP contribution in [0.4, 0.5) is 0 Å². The molecule has 0 spiro atoms. The largest absolute Gasteiger partial charge is 0.480 e. The van der Waals surface area contributed by atoms with E-state index in [9.17, 15) is 14.7 Å². The molecule has 0 fully saturated rings. The molecular weight excluding hydrogens is 406 g/mol. The first-order chi connectivity index (χ1) is 15.5. The molecule has 0 aromatic rings. The second-order valence-corrected chi connectivity index (χ2v) is 9.29. The van der Waals surface area contributed by atoms with Gasteiger partial charge in [-0.1, -0.05) is 110 Å². The van der Waals surface area contributed by atoms with Gasteiger partial charge in [-0.05, 0) is 6.42 Å². The number of carboxylic acid groups (broad SMARTS) is 1. The molecule has 0 radical (unpaired) electrons. The number of carbonyl (C=O) groups excluding carboxylic acids is 1. The van der Waals surface area contributed by atoms with E-state index in [0.717, 1.165) is 19.3 Å². The van der Waals surface area contributed by atoms with Crippen LogP contribution in [0.25, 0.3) is 0 Å². The monoisotopic (exact) mass is 457 g/mol. The lowest BCUT2D eigenvalue weighted by molar-refractivity contribution is -0.149. The summed E-state index contributed by atoms with van der Waals surface area (Å²) >= 11 is 0. The normalized spacial score (nSPS) is 11.6. The maximum absolute atomic E-state index is 12.1. The molecule has 0 heterocycles. The zero-order chi connectivity index (χ0) is 23.9. The summed E-state index contributed by atoms with van der Waals surface area (Å²) in [6.45, 7) is 1.55. The predicted octanol–water partition coefficient (Wildman–Crippen LogP) is 5.73. The molecule has 0 saturated heterocycles. The van der Waals surface area contributed by atoms with E-state index in [4.69, 9.17) is 10.2 Å². The van der Waals surface area contributed by atoms with Gasteiger partial charge >= 0.3 is 5.97 Å². The van der Waals surface area contributed by atoms with E-state index in [1.54, 1.807) is 0 Å². The molecule has 4 N–H and O–H groups in total. The Labute approximate surface area is 196 Å². The van der Waals surface area contributed by atoms with Gasteiger partial charge < -0.3 is 20.6 Å². The molecule has 0 aliphatic heterocycles. The van der Waals surface area contributed by atoms with Crippen LogP contribution in [-0.2, 0) is 9.59 Å². The number of hydrogen-bond acceptors (Lipinski definition) is 4. The number of nitrogens with one attached hydrogen (secondary N) is 1. The quantitative estimate of drug-likeness (QED) is 0.138. The summed E-state index contributed by atoms with van der Waals surface area (Å²) in [4.78, 5) is 23.7. The zero-order valence-electron chi connectivity index (χ0n) is 20.7. The van der Waals surface area contributed by atoms with E-state index < -0.39 is 11.5 Å². The van der Waals surface area contributed by atoms with Gasteiger partial charge in [-0.3, -0.25) is 4.79 Å². The van der Waals surface area contributed by atoms with Gasteiger partial charge in [0.25, 0.3) is 0 Å². The summed E-state index contributed by atoms with van der Waals surface area (Å²) < 4.78 is 0. The minimum Gasteiger partial charge on any atom is -0.480 e. The second kappa shape index (κ2) is 21.7. The maximum atomic E-state index is 12.1. The third kappa shape index (κ3) is 16.5. The molecule has 0 unspecified atom stereocenters. The van der Waals surface area contributed by atoms with Crippen LogP contribution < -0.4 is 5.32 Å². The number of aliphatic hydroxyl groups excluding tert-OH is 2. The molecule has 1 amide bonds. The van der Waals surface area contributed by atoms with Crippen molar-refractivity contribution < 1.29 is 24.9 Å².